The number of rotatable bonds is 7. The highest BCUT2D eigenvalue weighted by Gasteiger charge is 2.16. The molecule has 108 valence electrons. The number of aliphatic carboxylic acids is 1. The lowest BCUT2D eigenvalue weighted by Crippen LogP contribution is -2.10. The number of carboxylic acid groups (broad SMARTS) is 1. The molecule has 0 fully saturated rings. The van der Waals surface area contributed by atoms with Crippen LogP contribution in [0.25, 0.3) is 6.08 Å². The number of aryl methyl sites for hydroxylation is 1. The molecule has 0 amide bonds. The van der Waals surface area contributed by atoms with Crippen LogP contribution < -0.4 is 0 Å². The molecule has 0 spiro atoms. The second-order valence-corrected chi connectivity index (χ2v) is 4.44. The molecule has 0 atom stereocenters. The van der Waals surface area contributed by atoms with Crippen LogP contribution in [0.5, 0.6) is 0 Å². The topological polar surface area (TPSA) is 63.6 Å². The van der Waals surface area contributed by atoms with E-state index < -0.39 is 11.9 Å². The second-order valence-electron chi connectivity index (χ2n) is 4.07. The number of hydrogen-bond donors (Lipinski definition) is 1. The first-order chi connectivity index (χ1) is 9.60. The predicted octanol–water partition coefficient (Wildman–Crippen LogP) is 3.13. The maximum Gasteiger partial charge on any atom is 0.339 e. The van der Waals surface area contributed by atoms with Crippen molar-refractivity contribution in [1.29, 1.82) is 0 Å². The van der Waals surface area contributed by atoms with Crippen molar-refractivity contribution in [2.24, 2.45) is 0 Å². The number of esters is 1. The number of benzene rings is 1. The van der Waals surface area contributed by atoms with Crippen molar-refractivity contribution >= 4 is 29.6 Å². The molecule has 20 heavy (non-hydrogen) atoms. The van der Waals surface area contributed by atoms with Gasteiger partial charge in [0.15, 0.2) is 0 Å². The van der Waals surface area contributed by atoms with Crippen LogP contribution in [0.1, 0.15) is 34.8 Å². The van der Waals surface area contributed by atoms with Gasteiger partial charge in [-0.1, -0.05) is 18.2 Å². The Morgan fingerprint density at radius 2 is 2.15 bits per heavy atom. The molecule has 0 aromatic heterocycles. The fourth-order valence-electron chi connectivity index (χ4n) is 1.84. The van der Waals surface area contributed by atoms with Gasteiger partial charge in [0.1, 0.15) is 0 Å². The maximum atomic E-state index is 12.1. The minimum Gasteiger partial charge on any atom is -0.478 e. The zero-order valence-corrected chi connectivity index (χ0v) is 12.0. The Labute approximate surface area is 123 Å². The summed E-state index contributed by atoms with van der Waals surface area (Å²) in [5.74, 6) is -1.01. The first-order valence-corrected chi connectivity index (χ1v) is 6.89. The molecule has 0 saturated carbocycles. The normalized spacial score (nSPS) is 10.7. The van der Waals surface area contributed by atoms with Crippen molar-refractivity contribution in [2.75, 3.05) is 12.5 Å². The van der Waals surface area contributed by atoms with Crippen LogP contribution in [0.2, 0.25) is 0 Å². The lowest BCUT2D eigenvalue weighted by Gasteiger charge is -2.11. The lowest BCUT2D eigenvalue weighted by atomic mass is 9.97. The fourth-order valence-corrected chi connectivity index (χ4v) is 1.97. The van der Waals surface area contributed by atoms with Gasteiger partial charge in [-0.2, -0.15) is 0 Å². The Hall–Kier alpha value is -1.81. The average molecular weight is 297 g/mol. The summed E-state index contributed by atoms with van der Waals surface area (Å²) in [6.07, 6.45) is 3.79. The molecule has 0 heterocycles. The van der Waals surface area contributed by atoms with Gasteiger partial charge in [0.05, 0.1) is 12.2 Å². The molecule has 4 nitrogen and oxygen atoms in total. The van der Waals surface area contributed by atoms with Crippen LogP contribution in [0, 0.1) is 0 Å². The van der Waals surface area contributed by atoms with Gasteiger partial charge in [0.25, 0.3) is 0 Å². The molecule has 0 bridgehead atoms. The van der Waals surface area contributed by atoms with E-state index in [0.717, 1.165) is 18.1 Å². The summed E-state index contributed by atoms with van der Waals surface area (Å²) in [6.45, 7) is 2.00. The largest absolute Gasteiger partial charge is 0.478 e. The smallest absolute Gasteiger partial charge is 0.339 e. The molecule has 0 aliphatic rings. The van der Waals surface area contributed by atoms with E-state index in [4.69, 9.17) is 21.4 Å². The Morgan fingerprint density at radius 3 is 2.75 bits per heavy atom. The van der Waals surface area contributed by atoms with Gasteiger partial charge in [-0.05, 0) is 37.0 Å². The van der Waals surface area contributed by atoms with Crippen LogP contribution in [0.15, 0.2) is 24.3 Å². The average Bonchev–Trinajstić information content (AvgIpc) is 2.42. The van der Waals surface area contributed by atoms with E-state index >= 15 is 0 Å². The first kappa shape index (κ1) is 16.2. The zero-order valence-electron chi connectivity index (χ0n) is 11.3. The molecule has 1 N–H and O–H groups in total. The highest BCUT2D eigenvalue weighted by molar-refractivity contribution is 6.17. The number of halogens is 1. The summed E-state index contributed by atoms with van der Waals surface area (Å²) in [5.41, 5.74) is 1.77. The SMILES string of the molecule is CCOC(=O)c1c(/C=C/C(=O)O)cccc1CCCCl. The second kappa shape index (κ2) is 8.38. The van der Waals surface area contributed by atoms with Gasteiger partial charge < -0.3 is 9.84 Å². The van der Waals surface area contributed by atoms with E-state index in [1.807, 2.05) is 6.07 Å². The van der Waals surface area contributed by atoms with Gasteiger partial charge in [0, 0.05) is 12.0 Å². The molecule has 1 aromatic rings. The van der Waals surface area contributed by atoms with Crippen LogP contribution >= 0.6 is 11.6 Å². The lowest BCUT2D eigenvalue weighted by molar-refractivity contribution is -0.131. The van der Waals surface area contributed by atoms with Crippen molar-refractivity contribution in [1.82, 2.24) is 0 Å². The molecule has 0 radical (unpaired) electrons. The monoisotopic (exact) mass is 296 g/mol. The summed E-state index contributed by atoms with van der Waals surface area (Å²) in [7, 11) is 0. The third kappa shape index (κ3) is 4.70. The van der Waals surface area contributed by atoms with Gasteiger partial charge in [-0.3, -0.25) is 0 Å². The number of carbonyl (C=O) groups is 2. The summed E-state index contributed by atoms with van der Waals surface area (Å²) in [4.78, 5) is 22.7. The van der Waals surface area contributed by atoms with Gasteiger partial charge >= 0.3 is 11.9 Å². The zero-order chi connectivity index (χ0) is 15.0. The van der Waals surface area contributed by atoms with Gasteiger partial charge in [0.2, 0.25) is 0 Å². The molecule has 1 rings (SSSR count). The molecule has 0 aliphatic carbocycles. The standard InChI is InChI=1S/C15H17ClO4/c1-2-20-15(19)14-11(7-4-10-16)5-3-6-12(14)8-9-13(17)18/h3,5-6,8-9H,2,4,7,10H2,1H3,(H,17,18)/b9-8+. The molecule has 1 aromatic carbocycles. The van der Waals surface area contributed by atoms with Gasteiger partial charge in [-0.25, -0.2) is 9.59 Å². The van der Waals surface area contributed by atoms with Crippen LogP contribution in [-0.2, 0) is 16.0 Å². The molecular weight excluding hydrogens is 280 g/mol. The molecule has 5 heteroatoms. The fraction of sp³-hybridized carbons (Fsp3) is 0.333. The molecule has 0 unspecified atom stereocenters. The van der Waals surface area contributed by atoms with Crippen LogP contribution in [0.4, 0.5) is 0 Å². The van der Waals surface area contributed by atoms with E-state index in [-0.39, 0.29) is 6.61 Å². The maximum absolute atomic E-state index is 12.1. The van der Waals surface area contributed by atoms with Crippen molar-refractivity contribution in [3.8, 4) is 0 Å². The number of carboxylic acids is 1. The predicted molar refractivity (Wildman–Crippen MR) is 78.1 cm³/mol. The summed E-state index contributed by atoms with van der Waals surface area (Å²) in [5, 5.41) is 8.70. The summed E-state index contributed by atoms with van der Waals surface area (Å²) < 4.78 is 5.04. The minimum absolute atomic E-state index is 0.269. The van der Waals surface area contributed by atoms with E-state index in [1.54, 1.807) is 19.1 Å². The number of ether oxygens (including phenoxy) is 1. The van der Waals surface area contributed by atoms with Gasteiger partial charge in [-0.15, -0.1) is 11.6 Å². The third-order valence-corrected chi connectivity index (χ3v) is 2.92. The Bertz CT molecular complexity index is 509. The van der Waals surface area contributed by atoms with Crippen LogP contribution in [0.3, 0.4) is 0 Å². The van der Waals surface area contributed by atoms with Crippen molar-refractivity contribution in [3.05, 3.63) is 41.0 Å². The van der Waals surface area contributed by atoms with E-state index in [2.05, 4.69) is 0 Å². The quantitative estimate of drug-likeness (QED) is 0.477. The Kier molecular flexibility index (Phi) is 6.81. The van der Waals surface area contributed by atoms with Crippen molar-refractivity contribution in [2.45, 2.75) is 19.8 Å². The minimum atomic E-state index is -1.06. The molecule has 0 saturated heterocycles. The number of hydrogen-bond acceptors (Lipinski definition) is 3. The van der Waals surface area contributed by atoms with Crippen LogP contribution in [-0.4, -0.2) is 29.5 Å². The Balaban J connectivity index is 3.20. The van der Waals surface area contributed by atoms with Crippen molar-refractivity contribution < 1.29 is 19.4 Å². The van der Waals surface area contributed by atoms with E-state index in [1.165, 1.54) is 6.08 Å². The summed E-state index contributed by atoms with van der Waals surface area (Å²) >= 11 is 5.68. The van der Waals surface area contributed by atoms with E-state index in [0.29, 0.717) is 23.4 Å². The number of alkyl halides is 1. The van der Waals surface area contributed by atoms with Crippen molar-refractivity contribution in [3.63, 3.8) is 0 Å². The Morgan fingerprint density at radius 1 is 1.40 bits per heavy atom. The highest BCUT2D eigenvalue weighted by atomic mass is 35.5. The molecular formula is C15H17ClO4. The first-order valence-electron chi connectivity index (χ1n) is 6.36. The molecule has 0 aliphatic heterocycles. The van der Waals surface area contributed by atoms with E-state index in [9.17, 15) is 9.59 Å². The third-order valence-electron chi connectivity index (χ3n) is 2.65. The number of carbonyl (C=O) groups excluding carboxylic acids is 1. The highest BCUT2D eigenvalue weighted by Crippen LogP contribution is 2.20. The summed E-state index contributed by atoms with van der Waals surface area (Å²) in [6, 6.07) is 5.31.